The maximum absolute atomic E-state index is 12.4. The van der Waals surface area contributed by atoms with E-state index in [4.69, 9.17) is 4.74 Å². The molecule has 0 aromatic heterocycles. The van der Waals surface area contributed by atoms with Crippen molar-refractivity contribution in [2.75, 3.05) is 7.11 Å². The maximum Gasteiger partial charge on any atom is 0.140 e. The standard InChI is InChI=1S/C19H30O3/c1-14(7-6-12-19(3,4)21)13-18(20)15(2)16-8-10-17(22-5)11-9-16/h8-11,14-15,21H,6-7,12-13H2,1-5H3. The third kappa shape index (κ3) is 6.61. The van der Waals surface area contributed by atoms with Gasteiger partial charge in [-0.25, -0.2) is 0 Å². The zero-order chi connectivity index (χ0) is 16.8. The van der Waals surface area contributed by atoms with Crippen molar-refractivity contribution >= 4 is 5.78 Å². The van der Waals surface area contributed by atoms with Gasteiger partial charge in [0.25, 0.3) is 0 Å². The quantitative estimate of drug-likeness (QED) is 0.738. The van der Waals surface area contributed by atoms with Crippen molar-refractivity contribution in [1.82, 2.24) is 0 Å². The SMILES string of the molecule is COc1ccc(C(C)C(=O)CC(C)CCCC(C)(C)O)cc1. The van der Waals surface area contributed by atoms with Crippen LogP contribution in [0, 0.1) is 5.92 Å². The second kappa shape index (κ2) is 8.33. The summed E-state index contributed by atoms with van der Waals surface area (Å²) in [4.78, 5) is 12.4. The Bertz CT molecular complexity index is 457. The summed E-state index contributed by atoms with van der Waals surface area (Å²) >= 11 is 0. The average Bonchev–Trinajstić information content (AvgIpc) is 2.45. The van der Waals surface area contributed by atoms with Crippen LogP contribution in [0.4, 0.5) is 0 Å². The van der Waals surface area contributed by atoms with Gasteiger partial charge in [0, 0.05) is 12.3 Å². The number of carbonyl (C=O) groups excluding carboxylic acids is 1. The first-order valence-electron chi connectivity index (χ1n) is 8.12. The Morgan fingerprint density at radius 1 is 1.23 bits per heavy atom. The summed E-state index contributed by atoms with van der Waals surface area (Å²) in [5.74, 6) is 1.36. The fourth-order valence-electron chi connectivity index (χ4n) is 2.58. The first-order chi connectivity index (χ1) is 10.2. The number of rotatable bonds is 9. The lowest BCUT2D eigenvalue weighted by molar-refractivity contribution is -0.121. The van der Waals surface area contributed by atoms with E-state index in [2.05, 4.69) is 6.92 Å². The molecule has 0 fully saturated rings. The van der Waals surface area contributed by atoms with E-state index in [1.807, 2.05) is 45.0 Å². The van der Waals surface area contributed by atoms with Gasteiger partial charge in [-0.15, -0.1) is 0 Å². The van der Waals surface area contributed by atoms with Gasteiger partial charge in [-0.3, -0.25) is 4.79 Å². The molecule has 1 aromatic carbocycles. The van der Waals surface area contributed by atoms with E-state index in [9.17, 15) is 9.90 Å². The minimum absolute atomic E-state index is 0.0809. The second-order valence-corrected chi connectivity index (χ2v) is 6.98. The number of carbonyl (C=O) groups is 1. The maximum atomic E-state index is 12.4. The highest BCUT2D eigenvalue weighted by molar-refractivity contribution is 5.85. The van der Waals surface area contributed by atoms with Crippen molar-refractivity contribution in [2.45, 2.75) is 64.9 Å². The van der Waals surface area contributed by atoms with Gasteiger partial charge in [-0.1, -0.05) is 38.8 Å². The van der Waals surface area contributed by atoms with Crippen molar-refractivity contribution in [3.8, 4) is 5.75 Å². The molecule has 0 heterocycles. The van der Waals surface area contributed by atoms with E-state index < -0.39 is 5.60 Å². The lowest BCUT2D eigenvalue weighted by Gasteiger charge is -2.19. The summed E-state index contributed by atoms with van der Waals surface area (Å²) in [5, 5.41) is 9.71. The molecule has 0 saturated carbocycles. The topological polar surface area (TPSA) is 46.5 Å². The third-order valence-electron chi connectivity index (χ3n) is 4.13. The molecule has 0 aliphatic heterocycles. The second-order valence-electron chi connectivity index (χ2n) is 6.98. The molecule has 3 nitrogen and oxygen atoms in total. The smallest absolute Gasteiger partial charge is 0.140 e. The minimum atomic E-state index is -0.611. The molecule has 0 saturated heterocycles. The number of benzene rings is 1. The van der Waals surface area contributed by atoms with Crippen LogP contribution in [0.25, 0.3) is 0 Å². The van der Waals surface area contributed by atoms with Crippen LogP contribution in [0.1, 0.15) is 64.9 Å². The van der Waals surface area contributed by atoms with Crippen molar-refractivity contribution in [3.05, 3.63) is 29.8 Å². The number of methoxy groups -OCH3 is 1. The molecule has 0 radical (unpaired) electrons. The average molecular weight is 306 g/mol. The highest BCUT2D eigenvalue weighted by Crippen LogP contribution is 2.24. The van der Waals surface area contributed by atoms with Gasteiger partial charge in [0.1, 0.15) is 11.5 Å². The summed E-state index contributed by atoms with van der Waals surface area (Å²) in [5.41, 5.74) is 0.426. The van der Waals surface area contributed by atoms with Gasteiger partial charge in [0.2, 0.25) is 0 Å². The molecule has 0 aliphatic rings. The van der Waals surface area contributed by atoms with E-state index >= 15 is 0 Å². The Labute approximate surface area is 134 Å². The molecule has 1 N–H and O–H groups in total. The van der Waals surface area contributed by atoms with Crippen LogP contribution in [-0.4, -0.2) is 23.6 Å². The summed E-state index contributed by atoms with van der Waals surface area (Å²) in [6.45, 7) is 7.74. The number of hydrogen-bond donors (Lipinski definition) is 1. The summed E-state index contributed by atoms with van der Waals surface area (Å²) in [6.07, 6.45) is 3.30. The lowest BCUT2D eigenvalue weighted by atomic mass is 9.88. The molecule has 124 valence electrons. The summed E-state index contributed by atoms with van der Waals surface area (Å²) < 4.78 is 5.14. The molecule has 1 rings (SSSR count). The largest absolute Gasteiger partial charge is 0.497 e. The monoisotopic (exact) mass is 306 g/mol. The number of ether oxygens (including phenoxy) is 1. The van der Waals surface area contributed by atoms with Crippen LogP contribution in [0.5, 0.6) is 5.75 Å². The van der Waals surface area contributed by atoms with Gasteiger partial charge in [0.05, 0.1) is 12.7 Å². The van der Waals surface area contributed by atoms with E-state index in [1.54, 1.807) is 7.11 Å². The van der Waals surface area contributed by atoms with Gasteiger partial charge < -0.3 is 9.84 Å². The fourth-order valence-corrected chi connectivity index (χ4v) is 2.58. The molecular weight excluding hydrogens is 276 g/mol. The summed E-state index contributed by atoms with van der Waals surface area (Å²) in [6, 6.07) is 7.71. The predicted molar refractivity (Wildman–Crippen MR) is 90.3 cm³/mol. The molecule has 3 heteroatoms. The molecule has 0 amide bonds. The number of ketones is 1. The van der Waals surface area contributed by atoms with Crippen molar-refractivity contribution in [1.29, 1.82) is 0 Å². The Morgan fingerprint density at radius 3 is 2.32 bits per heavy atom. The van der Waals surface area contributed by atoms with Crippen molar-refractivity contribution < 1.29 is 14.6 Å². The fraction of sp³-hybridized carbons (Fsp3) is 0.632. The number of hydrogen-bond acceptors (Lipinski definition) is 3. The molecule has 1 aromatic rings. The van der Waals surface area contributed by atoms with Crippen LogP contribution < -0.4 is 4.74 Å². The van der Waals surface area contributed by atoms with Gasteiger partial charge in [-0.05, 0) is 43.9 Å². The molecule has 0 aliphatic carbocycles. The van der Waals surface area contributed by atoms with Gasteiger partial charge >= 0.3 is 0 Å². The number of Topliss-reactive ketones (excluding diaryl/α,β-unsaturated/α-hetero) is 1. The molecule has 2 atom stereocenters. The van der Waals surface area contributed by atoms with E-state index in [-0.39, 0.29) is 11.7 Å². The highest BCUT2D eigenvalue weighted by Gasteiger charge is 2.19. The summed E-state index contributed by atoms with van der Waals surface area (Å²) in [7, 11) is 1.64. The van der Waals surface area contributed by atoms with Gasteiger partial charge in [0.15, 0.2) is 0 Å². The molecule has 22 heavy (non-hydrogen) atoms. The zero-order valence-electron chi connectivity index (χ0n) is 14.6. The van der Waals surface area contributed by atoms with E-state index in [0.29, 0.717) is 12.3 Å². The van der Waals surface area contributed by atoms with Crippen LogP contribution in [0.2, 0.25) is 0 Å². The van der Waals surface area contributed by atoms with E-state index in [1.165, 1.54) is 0 Å². The third-order valence-corrected chi connectivity index (χ3v) is 4.13. The van der Waals surface area contributed by atoms with Crippen molar-refractivity contribution in [3.63, 3.8) is 0 Å². The molecule has 0 spiro atoms. The first kappa shape index (κ1) is 18.7. The van der Waals surface area contributed by atoms with Crippen LogP contribution in [-0.2, 0) is 4.79 Å². The first-order valence-corrected chi connectivity index (χ1v) is 8.12. The Balaban J connectivity index is 2.45. The normalized spacial score (nSPS) is 14.5. The highest BCUT2D eigenvalue weighted by atomic mass is 16.5. The number of aliphatic hydroxyl groups is 1. The van der Waals surface area contributed by atoms with Crippen LogP contribution in [0.15, 0.2) is 24.3 Å². The van der Waals surface area contributed by atoms with Crippen LogP contribution in [0.3, 0.4) is 0 Å². The molecule has 2 unspecified atom stereocenters. The molecule has 0 bridgehead atoms. The zero-order valence-corrected chi connectivity index (χ0v) is 14.6. The Kier molecular flexibility index (Phi) is 7.08. The van der Waals surface area contributed by atoms with E-state index in [0.717, 1.165) is 30.6 Å². The Morgan fingerprint density at radius 2 is 1.82 bits per heavy atom. The Hall–Kier alpha value is -1.35. The van der Waals surface area contributed by atoms with Crippen molar-refractivity contribution in [2.24, 2.45) is 5.92 Å². The predicted octanol–water partition coefficient (Wildman–Crippen LogP) is 4.34. The van der Waals surface area contributed by atoms with Crippen LogP contribution >= 0.6 is 0 Å². The van der Waals surface area contributed by atoms with Gasteiger partial charge in [-0.2, -0.15) is 0 Å². The minimum Gasteiger partial charge on any atom is -0.497 e. The lowest BCUT2D eigenvalue weighted by Crippen LogP contribution is -2.19. The molecular formula is C19H30O3.